The first kappa shape index (κ1) is 19.4. The number of aliphatic carboxylic acids is 1. The maximum atomic E-state index is 11.2. The molecule has 0 radical (unpaired) electrons. The number of rotatable bonds is 9. The average molecular weight is 289 g/mol. The Morgan fingerprint density at radius 2 is 1.85 bits per heavy atom. The molecule has 1 atom stereocenters. The molecular weight excluding hydrogens is 265 g/mol. The van der Waals surface area contributed by atoms with Crippen LogP contribution in [0, 0.1) is 5.92 Å². The van der Waals surface area contributed by atoms with Gasteiger partial charge in [0.1, 0.15) is 5.75 Å². The van der Waals surface area contributed by atoms with Crippen molar-refractivity contribution in [2.75, 3.05) is 6.54 Å². The summed E-state index contributed by atoms with van der Waals surface area (Å²) in [6, 6.07) is 6.92. The van der Waals surface area contributed by atoms with Crippen molar-refractivity contribution in [2.24, 2.45) is 11.7 Å². The number of aromatic hydroxyl groups is 1. The first-order valence-corrected chi connectivity index (χ1v) is 6.85. The van der Waals surface area contributed by atoms with Gasteiger partial charge in [-0.3, -0.25) is 4.79 Å². The van der Waals surface area contributed by atoms with E-state index in [1.807, 2.05) is 6.07 Å². The maximum absolute atomic E-state index is 11.2. The van der Waals surface area contributed by atoms with Crippen LogP contribution in [0.3, 0.4) is 0 Å². The second kappa shape index (κ2) is 11.1. The Kier molecular flexibility index (Phi) is 10.8. The third-order valence-electron chi connectivity index (χ3n) is 3.31. The number of phenolic OH excluding ortho intramolecular Hbond substituents is 1. The number of unbranched alkanes of at least 4 members (excludes halogenated alkanes) is 3. The van der Waals surface area contributed by atoms with Crippen molar-refractivity contribution in [3.63, 3.8) is 0 Å². The van der Waals surface area contributed by atoms with Gasteiger partial charge in [0.05, 0.1) is 5.92 Å². The molecular formula is C15H24NNaO3. The van der Waals surface area contributed by atoms with Crippen LogP contribution >= 0.6 is 0 Å². The van der Waals surface area contributed by atoms with Crippen LogP contribution in [-0.2, 0) is 11.2 Å². The van der Waals surface area contributed by atoms with Crippen LogP contribution in [0.15, 0.2) is 24.3 Å². The number of nitrogens with two attached hydrogens (primary N) is 1. The van der Waals surface area contributed by atoms with Gasteiger partial charge < -0.3 is 17.4 Å². The summed E-state index contributed by atoms with van der Waals surface area (Å²) in [5, 5.41) is 18.9. The Morgan fingerprint density at radius 1 is 1.20 bits per heavy atom. The van der Waals surface area contributed by atoms with Gasteiger partial charge in [0.2, 0.25) is 0 Å². The van der Waals surface area contributed by atoms with E-state index < -0.39 is 11.9 Å². The molecule has 0 aliphatic heterocycles. The van der Waals surface area contributed by atoms with E-state index in [-0.39, 0.29) is 36.7 Å². The van der Waals surface area contributed by atoms with Gasteiger partial charge in [-0.05, 0) is 37.4 Å². The van der Waals surface area contributed by atoms with Gasteiger partial charge in [-0.15, -0.1) is 0 Å². The standard InChI is InChI=1S/C15H23NO3.Na.H/c16-10-6-2-1-3-8-13(15(18)19)11-12-7-4-5-9-14(12)17;;/h4-5,7,9,13,17H,1-3,6,8,10-11,16H2,(H,18,19);;/q;+1;-1. The SMILES string of the molecule is NCCCCCCC(Cc1ccccc1O)C(=O)O.[H-].[Na+]. The fourth-order valence-electron chi connectivity index (χ4n) is 2.15. The minimum atomic E-state index is -0.790. The third kappa shape index (κ3) is 7.29. The van der Waals surface area contributed by atoms with Crippen LogP contribution < -0.4 is 35.3 Å². The van der Waals surface area contributed by atoms with E-state index in [0.29, 0.717) is 24.9 Å². The molecule has 0 aliphatic carbocycles. The van der Waals surface area contributed by atoms with Gasteiger partial charge in [0.15, 0.2) is 0 Å². The van der Waals surface area contributed by atoms with Gasteiger partial charge in [-0.1, -0.05) is 37.5 Å². The maximum Gasteiger partial charge on any atom is 1.00 e. The van der Waals surface area contributed by atoms with E-state index in [1.165, 1.54) is 0 Å². The Bertz CT molecular complexity index is 404. The summed E-state index contributed by atoms with van der Waals surface area (Å²) in [5.74, 6) is -1.04. The molecule has 5 heteroatoms. The normalized spacial score (nSPS) is 11.7. The zero-order valence-electron chi connectivity index (χ0n) is 13.2. The molecule has 0 amide bonds. The third-order valence-corrected chi connectivity index (χ3v) is 3.31. The minimum absolute atomic E-state index is 0. The number of hydrogen-bond donors (Lipinski definition) is 3. The molecule has 108 valence electrons. The van der Waals surface area contributed by atoms with Gasteiger partial charge in [0.25, 0.3) is 0 Å². The fraction of sp³-hybridized carbons (Fsp3) is 0.533. The summed E-state index contributed by atoms with van der Waals surface area (Å²) in [5.41, 5.74) is 6.12. The smallest absolute Gasteiger partial charge is 1.00 e. The monoisotopic (exact) mass is 289 g/mol. The molecule has 0 spiro atoms. The summed E-state index contributed by atoms with van der Waals surface area (Å²) >= 11 is 0. The van der Waals surface area contributed by atoms with Crippen LogP contribution in [-0.4, -0.2) is 22.7 Å². The summed E-state index contributed by atoms with van der Waals surface area (Å²) in [4.78, 5) is 11.2. The first-order valence-electron chi connectivity index (χ1n) is 6.85. The molecule has 1 aromatic rings. The summed E-state index contributed by atoms with van der Waals surface area (Å²) in [7, 11) is 0. The molecule has 1 aromatic carbocycles. The molecule has 0 fully saturated rings. The summed E-state index contributed by atoms with van der Waals surface area (Å²) < 4.78 is 0. The molecule has 0 heterocycles. The predicted molar refractivity (Wildman–Crippen MR) is 76.2 cm³/mol. The van der Waals surface area contributed by atoms with E-state index in [9.17, 15) is 15.0 Å². The van der Waals surface area contributed by atoms with Gasteiger partial charge >= 0.3 is 35.5 Å². The van der Waals surface area contributed by atoms with E-state index in [1.54, 1.807) is 18.2 Å². The van der Waals surface area contributed by atoms with Crippen molar-refractivity contribution in [1.29, 1.82) is 0 Å². The molecule has 0 saturated carbocycles. The van der Waals surface area contributed by atoms with E-state index in [4.69, 9.17) is 5.73 Å². The Labute approximate surface area is 144 Å². The number of carbonyl (C=O) groups is 1. The van der Waals surface area contributed by atoms with E-state index in [2.05, 4.69) is 0 Å². The van der Waals surface area contributed by atoms with Crippen LogP contribution in [0.2, 0.25) is 0 Å². The number of benzene rings is 1. The Morgan fingerprint density at radius 3 is 2.45 bits per heavy atom. The van der Waals surface area contributed by atoms with Crippen LogP contribution in [0.25, 0.3) is 0 Å². The van der Waals surface area contributed by atoms with Gasteiger partial charge in [0, 0.05) is 0 Å². The second-order valence-corrected chi connectivity index (χ2v) is 4.86. The molecule has 4 nitrogen and oxygen atoms in total. The molecule has 4 N–H and O–H groups in total. The molecule has 0 aliphatic rings. The van der Waals surface area contributed by atoms with Crippen molar-refractivity contribution < 1.29 is 46.0 Å². The van der Waals surface area contributed by atoms with Crippen LogP contribution in [0.1, 0.15) is 39.1 Å². The minimum Gasteiger partial charge on any atom is -1.00 e. The Balaban J connectivity index is 0. The quantitative estimate of drug-likeness (QED) is 0.429. The summed E-state index contributed by atoms with van der Waals surface area (Å²) in [6.45, 7) is 0.695. The second-order valence-electron chi connectivity index (χ2n) is 4.86. The molecule has 1 unspecified atom stereocenters. The molecule has 1 rings (SSSR count). The molecule has 0 aromatic heterocycles. The number of phenols is 1. The topological polar surface area (TPSA) is 83.5 Å². The largest absolute Gasteiger partial charge is 1.00 e. The molecule has 0 bridgehead atoms. The van der Waals surface area contributed by atoms with Crippen molar-refractivity contribution in [3.8, 4) is 5.75 Å². The number of carboxylic acids is 1. The number of para-hydroxylation sites is 1. The van der Waals surface area contributed by atoms with Crippen molar-refractivity contribution in [1.82, 2.24) is 0 Å². The Hall–Kier alpha value is -0.550. The van der Waals surface area contributed by atoms with Crippen molar-refractivity contribution in [3.05, 3.63) is 29.8 Å². The van der Waals surface area contributed by atoms with Gasteiger partial charge in [-0.25, -0.2) is 0 Å². The van der Waals surface area contributed by atoms with E-state index >= 15 is 0 Å². The number of hydrogen-bond acceptors (Lipinski definition) is 3. The van der Waals surface area contributed by atoms with Crippen LogP contribution in [0.4, 0.5) is 0 Å². The fourth-order valence-corrected chi connectivity index (χ4v) is 2.15. The molecule has 20 heavy (non-hydrogen) atoms. The van der Waals surface area contributed by atoms with E-state index in [0.717, 1.165) is 25.7 Å². The van der Waals surface area contributed by atoms with Crippen molar-refractivity contribution in [2.45, 2.75) is 38.5 Å². The average Bonchev–Trinajstić information content (AvgIpc) is 2.39. The first-order chi connectivity index (χ1) is 9.15. The zero-order chi connectivity index (χ0) is 14.1. The summed E-state index contributed by atoms with van der Waals surface area (Å²) in [6.07, 6.45) is 5.00. The number of carboxylic acid groups (broad SMARTS) is 1. The molecule has 0 saturated heterocycles. The van der Waals surface area contributed by atoms with Crippen LogP contribution in [0.5, 0.6) is 5.75 Å². The van der Waals surface area contributed by atoms with Crippen molar-refractivity contribution >= 4 is 5.97 Å². The predicted octanol–water partition coefficient (Wildman–Crippen LogP) is -0.339. The van der Waals surface area contributed by atoms with Gasteiger partial charge in [-0.2, -0.15) is 0 Å². The zero-order valence-corrected chi connectivity index (χ0v) is 14.2.